The van der Waals surface area contributed by atoms with Crippen molar-refractivity contribution in [1.29, 1.82) is 0 Å². The van der Waals surface area contributed by atoms with Crippen LogP contribution >= 0.6 is 0 Å². The van der Waals surface area contributed by atoms with Crippen molar-refractivity contribution in [2.75, 3.05) is 24.5 Å². The maximum Gasteiger partial charge on any atom is 0.415 e. The van der Waals surface area contributed by atoms with Gasteiger partial charge in [0.15, 0.2) is 0 Å². The van der Waals surface area contributed by atoms with Crippen molar-refractivity contribution in [3.8, 4) is 5.75 Å². The van der Waals surface area contributed by atoms with Crippen LogP contribution in [0.3, 0.4) is 0 Å². The maximum atomic E-state index is 11.8. The van der Waals surface area contributed by atoms with Crippen LogP contribution in [0.1, 0.15) is 6.42 Å². The molecule has 5 heteroatoms. The molecule has 0 aromatic heterocycles. The average molecular weight is 234 g/mol. The number of carbonyl (C=O) groups excluding carboxylic acids is 1. The molecule has 0 bridgehead atoms. The van der Waals surface area contributed by atoms with Crippen LogP contribution in [0.15, 0.2) is 24.3 Å². The Labute approximate surface area is 99.0 Å². The number of hydrogen-bond acceptors (Lipinski definition) is 4. The van der Waals surface area contributed by atoms with E-state index in [0.717, 1.165) is 13.0 Å². The second-order valence-electron chi connectivity index (χ2n) is 4.58. The van der Waals surface area contributed by atoms with E-state index < -0.39 is 0 Å². The maximum absolute atomic E-state index is 11.8. The highest BCUT2D eigenvalue weighted by Gasteiger charge is 2.47. The van der Waals surface area contributed by atoms with Gasteiger partial charge in [-0.1, -0.05) is 6.07 Å². The third-order valence-electron chi connectivity index (χ3n) is 3.32. The molecule has 0 saturated carbocycles. The number of carbonyl (C=O) groups is 1. The number of anilines is 1. The lowest BCUT2D eigenvalue weighted by Crippen LogP contribution is -2.36. The van der Waals surface area contributed by atoms with Crippen LogP contribution in [0.4, 0.5) is 10.5 Å². The summed E-state index contributed by atoms with van der Waals surface area (Å²) in [4.78, 5) is 13.4. The van der Waals surface area contributed by atoms with Crippen molar-refractivity contribution in [3.05, 3.63) is 24.3 Å². The van der Waals surface area contributed by atoms with Gasteiger partial charge in [-0.05, 0) is 18.7 Å². The summed E-state index contributed by atoms with van der Waals surface area (Å²) in [5, 5.41) is 12.6. The second kappa shape index (κ2) is 3.63. The molecule has 17 heavy (non-hydrogen) atoms. The Morgan fingerprint density at radius 2 is 2.35 bits per heavy atom. The van der Waals surface area contributed by atoms with E-state index in [2.05, 4.69) is 5.32 Å². The molecule has 2 fully saturated rings. The molecule has 1 spiro atoms. The van der Waals surface area contributed by atoms with E-state index in [-0.39, 0.29) is 17.4 Å². The fourth-order valence-electron chi connectivity index (χ4n) is 2.43. The molecule has 1 aromatic carbocycles. The Morgan fingerprint density at radius 3 is 3.06 bits per heavy atom. The van der Waals surface area contributed by atoms with E-state index in [1.54, 1.807) is 29.2 Å². The number of hydrogen-bond donors (Lipinski definition) is 2. The number of phenols is 1. The van der Waals surface area contributed by atoms with Crippen molar-refractivity contribution in [2.45, 2.75) is 12.0 Å². The molecule has 2 aliphatic rings. The zero-order valence-electron chi connectivity index (χ0n) is 9.35. The van der Waals surface area contributed by atoms with Gasteiger partial charge in [0.25, 0.3) is 0 Å². The van der Waals surface area contributed by atoms with Gasteiger partial charge in [0.1, 0.15) is 11.4 Å². The molecule has 2 heterocycles. The minimum absolute atomic E-state index is 0.154. The van der Waals surface area contributed by atoms with Crippen LogP contribution in [0.25, 0.3) is 0 Å². The molecular formula is C12H14N2O3. The fourth-order valence-corrected chi connectivity index (χ4v) is 2.43. The van der Waals surface area contributed by atoms with Crippen molar-refractivity contribution >= 4 is 11.8 Å². The lowest BCUT2D eigenvalue weighted by Gasteiger charge is -2.19. The minimum atomic E-state index is -0.386. The quantitative estimate of drug-likeness (QED) is 0.763. The molecule has 2 saturated heterocycles. The van der Waals surface area contributed by atoms with Crippen LogP contribution in [0.5, 0.6) is 5.75 Å². The molecule has 2 aliphatic heterocycles. The largest absolute Gasteiger partial charge is 0.508 e. The second-order valence-corrected chi connectivity index (χ2v) is 4.58. The molecule has 1 amide bonds. The summed E-state index contributed by atoms with van der Waals surface area (Å²) in [6.07, 6.45) is 0.507. The first-order valence-corrected chi connectivity index (χ1v) is 5.69. The Balaban J connectivity index is 1.87. The molecule has 1 unspecified atom stereocenters. The van der Waals surface area contributed by atoms with Crippen LogP contribution < -0.4 is 10.2 Å². The highest BCUT2D eigenvalue weighted by atomic mass is 16.6. The predicted molar refractivity (Wildman–Crippen MR) is 62.2 cm³/mol. The first-order valence-electron chi connectivity index (χ1n) is 5.69. The number of benzene rings is 1. The first-order chi connectivity index (χ1) is 8.19. The highest BCUT2D eigenvalue weighted by Crippen LogP contribution is 2.33. The number of aromatic hydroxyl groups is 1. The molecule has 5 nitrogen and oxygen atoms in total. The van der Waals surface area contributed by atoms with Gasteiger partial charge in [0, 0.05) is 19.0 Å². The molecule has 2 N–H and O–H groups in total. The van der Waals surface area contributed by atoms with Crippen LogP contribution in [0.2, 0.25) is 0 Å². The van der Waals surface area contributed by atoms with E-state index in [9.17, 15) is 9.90 Å². The van der Waals surface area contributed by atoms with Crippen molar-refractivity contribution in [1.82, 2.24) is 5.32 Å². The van der Waals surface area contributed by atoms with Crippen LogP contribution in [-0.4, -0.2) is 36.4 Å². The average Bonchev–Trinajstić information content (AvgIpc) is 2.87. The molecule has 3 rings (SSSR count). The molecule has 0 aliphatic carbocycles. The van der Waals surface area contributed by atoms with E-state index in [1.807, 2.05) is 0 Å². The van der Waals surface area contributed by atoms with Gasteiger partial charge in [0.2, 0.25) is 0 Å². The smallest absolute Gasteiger partial charge is 0.415 e. The van der Waals surface area contributed by atoms with Gasteiger partial charge < -0.3 is 15.2 Å². The number of nitrogens with zero attached hydrogens (tertiary/aromatic N) is 1. The Morgan fingerprint density at radius 1 is 1.47 bits per heavy atom. The van der Waals surface area contributed by atoms with E-state index in [1.165, 1.54) is 0 Å². The number of rotatable bonds is 1. The van der Waals surface area contributed by atoms with Crippen molar-refractivity contribution in [2.24, 2.45) is 0 Å². The number of phenolic OH excluding ortho intramolecular Hbond substituents is 1. The Kier molecular flexibility index (Phi) is 2.22. The standard InChI is InChI=1S/C12H14N2O3/c15-10-3-1-2-9(6-10)14-8-12(17-11(14)16)4-5-13-7-12/h1-3,6,13,15H,4-5,7-8H2. The van der Waals surface area contributed by atoms with Gasteiger partial charge in [-0.25, -0.2) is 4.79 Å². The summed E-state index contributed by atoms with van der Waals surface area (Å²) in [5.41, 5.74) is 0.293. The Bertz CT molecular complexity index is 455. The predicted octanol–water partition coefficient (Wildman–Crippen LogP) is 1.08. The van der Waals surface area contributed by atoms with Gasteiger partial charge in [-0.2, -0.15) is 0 Å². The van der Waals surface area contributed by atoms with Crippen LogP contribution in [-0.2, 0) is 4.74 Å². The molecule has 1 atom stereocenters. The summed E-state index contributed by atoms with van der Waals surface area (Å²) in [6, 6.07) is 6.67. The van der Waals surface area contributed by atoms with E-state index in [4.69, 9.17) is 4.74 Å². The van der Waals surface area contributed by atoms with Gasteiger partial charge in [0.05, 0.1) is 12.2 Å². The van der Waals surface area contributed by atoms with Crippen LogP contribution in [0, 0.1) is 0 Å². The Hall–Kier alpha value is -1.75. The topological polar surface area (TPSA) is 61.8 Å². The summed E-state index contributed by atoms with van der Waals surface area (Å²) < 4.78 is 5.46. The lowest BCUT2D eigenvalue weighted by molar-refractivity contribution is 0.0733. The summed E-state index contributed by atoms with van der Waals surface area (Å²) in [7, 11) is 0. The first kappa shape index (κ1) is 10.4. The monoisotopic (exact) mass is 234 g/mol. The third kappa shape index (κ3) is 1.72. The lowest BCUT2D eigenvalue weighted by atomic mass is 10.0. The number of amides is 1. The summed E-state index contributed by atoms with van der Waals surface area (Å²) in [5.74, 6) is 0.154. The van der Waals surface area contributed by atoms with Gasteiger partial charge >= 0.3 is 6.09 Å². The van der Waals surface area contributed by atoms with Crippen molar-refractivity contribution < 1.29 is 14.6 Å². The van der Waals surface area contributed by atoms with Crippen molar-refractivity contribution in [3.63, 3.8) is 0 Å². The zero-order chi connectivity index (χ0) is 11.9. The molecular weight excluding hydrogens is 220 g/mol. The third-order valence-corrected chi connectivity index (χ3v) is 3.32. The van der Waals surface area contributed by atoms with Gasteiger partial charge in [-0.15, -0.1) is 0 Å². The molecule has 0 radical (unpaired) electrons. The van der Waals surface area contributed by atoms with Gasteiger partial charge in [-0.3, -0.25) is 4.90 Å². The van der Waals surface area contributed by atoms with E-state index in [0.29, 0.717) is 18.8 Å². The summed E-state index contributed by atoms with van der Waals surface area (Å²) >= 11 is 0. The molecule has 1 aromatic rings. The molecule has 90 valence electrons. The number of nitrogens with one attached hydrogen (secondary N) is 1. The van der Waals surface area contributed by atoms with E-state index >= 15 is 0 Å². The highest BCUT2D eigenvalue weighted by molar-refractivity contribution is 5.90. The normalized spacial score (nSPS) is 27.8. The SMILES string of the molecule is O=C1OC2(CCNC2)CN1c1cccc(O)c1. The fraction of sp³-hybridized carbons (Fsp3) is 0.417. The summed E-state index contributed by atoms with van der Waals surface area (Å²) in [6.45, 7) is 2.12. The zero-order valence-corrected chi connectivity index (χ0v) is 9.35. The number of ether oxygens (including phenoxy) is 1. The minimum Gasteiger partial charge on any atom is -0.508 e.